The largest absolute Gasteiger partial charge is 0.481 e. The third kappa shape index (κ3) is 4.84. The van der Waals surface area contributed by atoms with E-state index in [0.717, 1.165) is 18.2 Å². The molecule has 2 N–H and O–H groups in total. The third-order valence-corrected chi connectivity index (χ3v) is 4.75. The Bertz CT molecular complexity index is 951. The number of nitrogens with zero attached hydrogens (tertiary/aromatic N) is 3. The Balaban J connectivity index is 1.71. The lowest BCUT2D eigenvalue weighted by molar-refractivity contribution is -0.145. The molecule has 1 aliphatic rings. The van der Waals surface area contributed by atoms with Crippen LogP contribution in [0.15, 0.2) is 18.2 Å². The predicted molar refractivity (Wildman–Crippen MR) is 95.4 cm³/mol. The first-order valence-corrected chi connectivity index (χ1v) is 9.06. The number of carbonyl (C=O) groups is 1. The quantitative estimate of drug-likeness (QED) is 0.738. The average Bonchev–Trinajstić information content (AvgIpc) is 2.68. The van der Waals surface area contributed by atoms with Gasteiger partial charge in [-0.15, -0.1) is 0 Å². The van der Waals surface area contributed by atoms with Gasteiger partial charge >= 0.3 is 6.18 Å². The fourth-order valence-corrected chi connectivity index (χ4v) is 3.31. The highest BCUT2D eigenvalue weighted by molar-refractivity contribution is 5.77. The monoisotopic (exact) mass is 430 g/mol. The van der Waals surface area contributed by atoms with Gasteiger partial charge in [0.2, 0.25) is 17.6 Å². The number of rotatable bonds is 5. The second-order valence-electron chi connectivity index (χ2n) is 6.95. The maximum Gasteiger partial charge on any atom is 0.451 e. The zero-order valence-electron chi connectivity index (χ0n) is 16.0. The molecule has 11 heteroatoms. The van der Waals surface area contributed by atoms with E-state index in [9.17, 15) is 26.7 Å². The Morgan fingerprint density at radius 1 is 1.30 bits per heavy atom. The normalized spacial score (nSPS) is 15.0. The molecule has 0 bridgehead atoms. The number of hydrogen-bond acceptors (Lipinski definition) is 5. The number of fused-ring (bicyclic) bond motifs is 1. The zero-order chi connectivity index (χ0) is 22.1. The topological polar surface area (TPSA) is 81.3 Å². The molecule has 2 heterocycles. The fourth-order valence-electron chi connectivity index (χ4n) is 3.31. The summed E-state index contributed by atoms with van der Waals surface area (Å²) in [7, 11) is 1.21. The van der Waals surface area contributed by atoms with Gasteiger partial charge in [-0.2, -0.15) is 18.2 Å². The third-order valence-electron chi connectivity index (χ3n) is 4.75. The van der Waals surface area contributed by atoms with Crippen LogP contribution < -0.4 is 10.5 Å². The Hall–Kier alpha value is -2.82. The molecule has 2 aromatic rings. The molecular weight excluding hydrogens is 411 g/mol. The van der Waals surface area contributed by atoms with Crippen LogP contribution in [0.2, 0.25) is 0 Å². The second-order valence-corrected chi connectivity index (χ2v) is 6.95. The summed E-state index contributed by atoms with van der Waals surface area (Å²) in [6, 6.07) is 2.18. The van der Waals surface area contributed by atoms with Crippen LogP contribution in [0.4, 0.5) is 22.0 Å². The summed E-state index contributed by atoms with van der Waals surface area (Å²) < 4.78 is 71.1. The molecule has 1 amide bonds. The summed E-state index contributed by atoms with van der Waals surface area (Å²) in [4.78, 5) is 20.9. The van der Waals surface area contributed by atoms with E-state index in [1.54, 1.807) is 0 Å². The van der Waals surface area contributed by atoms with E-state index >= 15 is 0 Å². The molecule has 1 atom stereocenters. The number of nitrogens with two attached hydrogens (primary N) is 1. The smallest absolute Gasteiger partial charge is 0.451 e. The van der Waals surface area contributed by atoms with E-state index < -0.39 is 35.6 Å². The van der Waals surface area contributed by atoms with Crippen LogP contribution in [0.5, 0.6) is 5.88 Å². The van der Waals surface area contributed by atoms with Crippen molar-refractivity contribution in [3.05, 3.63) is 52.5 Å². The first-order chi connectivity index (χ1) is 14.1. The molecule has 0 saturated carbocycles. The van der Waals surface area contributed by atoms with Crippen molar-refractivity contribution >= 4 is 5.91 Å². The maximum atomic E-state index is 13.8. The fraction of sp³-hybridized carbons (Fsp3) is 0.421. The first kappa shape index (κ1) is 21.9. The van der Waals surface area contributed by atoms with Gasteiger partial charge in [0, 0.05) is 24.6 Å². The number of halogens is 5. The van der Waals surface area contributed by atoms with Gasteiger partial charge in [0.05, 0.1) is 19.3 Å². The van der Waals surface area contributed by atoms with E-state index in [2.05, 4.69) is 9.97 Å². The number of carbonyl (C=O) groups excluding carboxylic acids is 1. The molecule has 1 aliphatic heterocycles. The van der Waals surface area contributed by atoms with Gasteiger partial charge in [-0.1, -0.05) is 0 Å². The van der Waals surface area contributed by atoms with Crippen molar-refractivity contribution in [1.82, 2.24) is 14.9 Å². The molecule has 0 aliphatic carbocycles. The molecule has 30 heavy (non-hydrogen) atoms. The van der Waals surface area contributed by atoms with Crippen molar-refractivity contribution in [2.45, 2.75) is 38.0 Å². The van der Waals surface area contributed by atoms with Crippen molar-refractivity contribution in [3.8, 4) is 5.88 Å². The highest BCUT2D eigenvalue weighted by atomic mass is 19.4. The van der Waals surface area contributed by atoms with Crippen molar-refractivity contribution in [2.24, 2.45) is 5.73 Å². The summed E-state index contributed by atoms with van der Waals surface area (Å²) in [5, 5.41) is 0. The van der Waals surface area contributed by atoms with Gasteiger partial charge in [0.1, 0.15) is 11.6 Å². The highest BCUT2D eigenvalue weighted by Gasteiger charge is 2.37. The lowest BCUT2D eigenvalue weighted by atomic mass is 10.0. The Morgan fingerprint density at radius 2 is 2.03 bits per heavy atom. The molecule has 1 aromatic heterocycles. The van der Waals surface area contributed by atoms with Crippen LogP contribution in [0.1, 0.15) is 29.1 Å². The number of methoxy groups -OCH3 is 1. The summed E-state index contributed by atoms with van der Waals surface area (Å²) in [6.07, 6.45) is -4.78. The molecule has 0 saturated heterocycles. The standard InChI is InChI=1S/C19H19F5N4O2/c1-30-17-13-4-5-28(9-15(13)26-18(27-17)19(22,23)24)16(29)8-12(25)7-10-6-11(20)2-3-14(10)21/h2-3,6,12H,4-5,7-9,25H2,1H3. The molecule has 162 valence electrons. The van der Waals surface area contributed by atoms with Gasteiger partial charge in [-0.3, -0.25) is 4.79 Å². The molecule has 0 fully saturated rings. The van der Waals surface area contributed by atoms with Crippen LogP contribution in [0, 0.1) is 11.6 Å². The Morgan fingerprint density at radius 3 is 2.70 bits per heavy atom. The minimum absolute atomic E-state index is 0.0478. The minimum atomic E-state index is -4.76. The van der Waals surface area contributed by atoms with Gasteiger partial charge < -0.3 is 15.4 Å². The minimum Gasteiger partial charge on any atom is -0.481 e. The van der Waals surface area contributed by atoms with Crippen LogP contribution in [0.25, 0.3) is 0 Å². The Kier molecular flexibility index (Phi) is 6.20. The number of ether oxygens (including phenoxy) is 1. The second kappa shape index (κ2) is 8.50. The number of hydrogen-bond donors (Lipinski definition) is 1. The molecule has 1 unspecified atom stereocenters. The SMILES string of the molecule is COc1nc(C(F)(F)F)nc2c1CCN(C(=O)CC(N)Cc1cc(F)ccc1F)C2. The van der Waals surface area contributed by atoms with E-state index in [4.69, 9.17) is 10.5 Å². The summed E-state index contributed by atoms with van der Waals surface area (Å²) in [5.74, 6) is -3.18. The molecule has 0 radical (unpaired) electrons. The molecule has 3 rings (SSSR count). The number of amides is 1. The lowest BCUT2D eigenvalue weighted by Gasteiger charge is -2.30. The number of aromatic nitrogens is 2. The van der Waals surface area contributed by atoms with Crippen molar-refractivity contribution in [1.29, 1.82) is 0 Å². The van der Waals surface area contributed by atoms with Crippen LogP contribution in [0.3, 0.4) is 0 Å². The van der Waals surface area contributed by atoms with Crippen molar-refractivity contribution in [2.75, 3.05) is 13.7 Å². The van der Waals surface area contributed by atoms with Gasteiger partial charge in [0.25, 0.3) is 0 Å². The van der Waals surface area contributed by atoms with Crippen molar-refractivity contribution < 1.29 is 31.5 Å². The first-order valence-electron chi connectivity index (χ1n) is 9.06. The van der Waals surface area contributed by atoms with Crippen molar-refractivity contribution in [3.63, 3.8) is 0 Å². The predicted octanol–water partition coefficient (Wildman–Crippen LogP) is 2.63. The van der Waals surface area contributed by atoms with E-state index in [0.29, 0.717) is 5.56 Å². The van der Waals surface area contributed by atoms with E-state index in [1.165, 1.54) is 12.0 Å². The summed E-state index contributed by atoms with van der Waals surface area (Å²) in [6.45, 7) is 0.0646. The highest BCUT2D eigenvalue weighted by Crippen LogP contribution is 2.32. The Labute approximate surface area is 168 Å². The van der Waals surface area contributed by atoms with Gasteiger partial charge in [-0.05, 0) is 36.6 Å². The lowest BCUT2D eigenvalue weighted by Crippen LogP contribution is -2.40. The van der Waals surface area contributed by atoms with E-state index in [-0.39, 0.29) is 49.5 Å². The average molecular weight is 430 g/mol. The molecule has 1 aromatic carbocycles. The van der Waals surface area contributed by atoms with Gasteiger partial charge in [0.15, 0.2) is 0 Å². The van der Waals surface area contributed by atoms with E-state index in [1.807, 2.05) is 0 Å². The zero-order valence-corrected chi connectivity index (χ0v) is 16.0. The molecule has 6 nitrogen and oxygen atoms in total. The maximum absolute atomic E-state index is 13.8. The van der Waals surface area contributed by atoms with Crippen LogP contribution in [-0.2, 0) is 30.4 Å². The van der Waals surface area contributed by atoms with Crippen LogP contribution in [-0.4, -0.2) is 40.5 Å². The van der Waals surface area contributed by atoms with Crippen LogP contribution >= 0.6 is 0 Å². The molecular formula is C19H19F5N4O2. The number of benzene rings is 1. The summed E-state index contributed by atoms with van der Waals surface area (Å²) >= 11 is 0. The number of alkyl halides is 3. The summed E-state index contributed by atoms with van der Waals surface area (Å²) in [5.41, 5.74) is 6.44. The molecule has 0 spiro atoms. The van der Waals surface area contributed by atoms with Gasteiger partial charge in [-0.25, -0.2) is 13.8 Å².